The van der Waals surface area contributed by atoms with Crippen LogP contribution in [0.2, 0.25) is 0 Å². The molecule has 0 spiro atoms. The van der Waals surface area contributed by atoms with Gasteiger partial charge in [0.25, 0.3) is 0 Å². The molecular formula is C52H52O6. The highest BCUT2D eigenvalue weighted by Gasteiger charge is 2.20. The number of esters is 2. The summed E-state index contributed by atoms with van der Waals surface area (Å²) < 4.78 is 23.6. The Bertz CT molecular complexity index is 2110. The average Bonchev–Trinajstić information content (AvgIpc) is 3.25. The Morgan fingerprint density at radius 1 is 0.414 bits per heavy atom. The minimum Gasteiger partial charge on any atom is -0.494 e. The number of aryl methyl sites for hydroxylation is 4. The van der Waals surface area contributed by atoms with Gasteiger partial charge in [-0.1, -0.05) is 112 Å². The van der Waals surface area contributed by atoms with E-state index in [1.54, 1.807) is 0 Å². The molecule has 0 saturated heterocycles. The molecule has 0 radical (unpaired) electrons. The molecule has 4 bridgehead atoms. The maximum Gasteiger partial charge on any atom is 0.343 e. The highest BCUT2D eigenvalue weighted by Crippen LogP contribution is 2.29. The molecule has 6 heteroatoms. The van der Waals surface area contributed by atoms with Crippen LogP contribution >= 0.6 is 0 Å². The van der Waals surface area contributed by atoms with Crippen molar-refractivity contribution < 1.29 is 28.5 Å². The Kier molecular flexibility index (Phi) is 13.7. The van der Waals surface area contributed by atoms with Crippen molar-refractivity contribution in [2.24, 2.45) is 0 Å². The first kappa shape index (κ1) is 40.1. The van der Waals surface area contributed by atoms with Gasteiger partial charge in [0, 0.05) is 0 Å². The summed E-state index contributed by atoms with van der Waals surface area (Å²) in [4.78, 5) is 27.3. The number of hydrogen-bond donors (Lipinski definition) is 0. The molecule has 0 atom stereocenters. The topological polar surface area (TPSA) is 71.1 Å². The molecule has 296 valence electrons. The van der Waals surface area contributed by atoms with Crippen molar-refractivity contribution in [3.8, 4) is 45.3 Å². The van der Waals surface area contributed by atoms with E-state index in [-0.39, 0.29) is 11.9 Å². The molecule has 0 fully saturated rings. The molecule has 6 nitrogen and oxygen atoms in total. The highest BCUT2D eigenvalue weighted by atomic mass is 16.5. The van der Waals surface area contributed by atoms with Gasteiger partial charge in [0.1, 0.15) is 23.0 Å². The van der Waals surface area contributed by atoms with Crippen LogP contribution in [0.5, 0.6) is 23.0 Å². The van der Waals surface area contributed by atoms with E-state index in [0.29, 0.717) is 48.3 Å². The number of ether oxygens (including phenoxy) is 4. The van der Waals surface area contributed by atoms with Gasteiger partial charge in [-0.3, -0.25) is 0 Å². The number of carbonyl (C=O) groups is 2. The van der Waals surface area contributed by atoms with Gasteiger partial charge >= 0.3 is 11.9 Å². The zero-order valence-corrected chi connectivity index (χ0v) is 33.6. The first-order valence-electron chi connectivity index (χ1n) is 20.8. The summed E-state index contributed by atoms with van der Waals surface area (Å²) in [6, 6.07) is 43.5. The van der Waals surface area contributed by atoms with Crippen LogP contribution in [0.25, 0.3) is 22.3 Å². The average molecular weight is 773 g/mol. The lowest BCUT2D eigenvalue weighted by Gasteiger charge is -2.16. The van der Waals surface area contributed by atoms with Crippen LogP contribution in [0, 0.1) is 0 Å². The zero-order chi connectivity index (χ0) is 40.1. The first-order valence-corrected chi connectivity index (χ1v) is 20.8. The molecule has 58 heavy (non-hydrogen) atoms. The van der Waals surface area contributed by atoms with Crippen molar-refractivity contribution in [3.63, 3.8) is 0 Å². The Labute approximate surface area is 342 Å². The third-order valence-corrected chi connectivity index (χ3v) is 10.7. The fourth-order valence-corrected chi connectivity index (χ4v) is 7.26. The third kappa shape index (κ3) is 10.6. The van der Waals surface area contributed by atoms with Gasteiger partial charge in [0.15, 0.2) is 0 Å². The summed E-state index contributed by atoms with van der Waals surface area (Å²) in [6.45, 7) is 5.83. The molecule has 0 heterocycles. The minimum atomic E-state index is -0.376. The maximum atomic E-state index is 13.7. The standard InChI is InChI=1S/C52H52O6/c1-3-5-7-33-55-45-25-17-39(18-26-45)41-21-29-47(30-22-41)57-51(53)49-35-37-9-13-43(49)15-11-38-10-14-44(16-12-37)50(36-38)52(54)58-48-31-23-42(24-32-48)40-19-27-46(28-20-40)56-34-8-6-4-2/h9-10,13-14,17-32,35-36H,3-8,11-12,15-16,33-34H2,1-2H3. The number of carbonyl (C=O) groups excluding carboxylic acids is 2. The third-order valence-electron chi connectivity index (χ3n) is 10.7. The van der Waals surface area contributed by atoms with E-state index in [0.717, 1.165) is 82.1 Å². The van der Waals surface area contributed by atoms with Gasteiger partial charge in [-0.2, -0.15) is 0 Å². The molecule has 0 unspecified atom stereocenters. The van der Waals surface area contributed by atoms with Crippen molar-refractivity contribution >= 4 is 11.9 Å². The summed E-state index contributed by atoms with van der Waals surface area (Å²) in [5.41, 5.74) is 9.14. The van der Waals surface area contributed by atoms with Gasteiger partial charge in [-0.05, 0) is 144 Å². The summed E-state index contributed by atoms with van der Waals surface area (Å²) in [5, 5.41) is 0. The number of rotatable bonds is 16. The van der Waals surface area contributed by atoms with E-state index >= 15 is 0 Å². The highest BCUT2D eigenvalue weighted by molar-refractivity contribution is 5.94. The zero-order valence-electron chi connectivity index (χ0n) is 33.6. The smallest absolute Gasteiger partial charge is 0.343 e. The Morgan fingerprint density at radius 2 is 0.759 bits per heavy atom. The van der Waals surface area contributed by atoms with Crippen molar-refractivity contribution in [1.29, 1.82) is 0 Å². The van der Waals surface area contributed by atoms with Crippen LogP contribution < -0.4 is 18.9 Å². The predicted molar refractivity (Wildman–Crippen MR) is 231 cm³/mol. The van der Waals surface area contributed by atoms with Gasteiger partial charge < -0.3 is 18.9 Å². The van der Waals surface area contributed by atoms with Gasteiger partial charge in [-0.15, -0.1) is 0 Å². The van der Waals surface area contributed by atoms with E-state index in [4.69, 9.17) is 18.9 Å². The van der Waals surface area contributed by atoms with Gasteiger partial charge in [0.05, 0.1) is 24.3 Å². The Balaban J connectivity index is 0.969. The van der Waals surface area contributed by atoms with Crippen LogP contribution in [-0.2, 0) is 25.7 Å². The minimum absolute atomic E-state index is 0.376. The molecular weight excluding hydrogens is 721 g/mol. The van der Waals surface area contributed by atoms with Crippen LogP contribution in [0.15, 0.2) is 133 Å². The molecule has 0 amide bonds. The molecule has 0 N–H and O–H groups in total. The molecule has 0 aromatic heterocycles. The van der Waals surface area contributed by atoms with Crippen LogP contribution in [0.4, 0.5) is 0 Å². The molecule has 6 aromatic rings. The quantitative estimate of drug-likeness (QED) is 0.0554. The monoisotopic (exact) mass is 772 g/mol. The predicted octanol–water partition coefficient (Wildman–Crippen LogP) is 12.5. The molecule has 0 saturated carbocycles. The number of benzene rings is 6. The molecule has 4 aliphatic carbocycles. The number of unbranched alkanes of at least 4 members (excludes halogenated alkanes) is 4. The van der Waals surface area contributed by atoms with E-state index < -0.39 is 0 Å². The Morgan fingerprint density at radius 3 is 1.10 bits per heavy atom. The fraction of sp³-hybridized carbons (Fsp3) is 0.269. The summed E-state index contributed by atoms with van der Waals surface area (Å²) in [5.74, 6) is 1.97. The lowest BCUT2D eigenvalue weighted by Crippen LogP contribution is -2.15. The van der Waals surface area contributed by atoms with Gasteiger partial charge in [-0.25, -0.2) is 9.59 Å². The SMILES string of the molecule is CCCCCOc1ccc(-c2ccc(OC(=O)c3cc4ccc3CCc3ccc(c(C(=O)Oc5ccc(-c6ccc(OCCCCC)cc6)cc5)c3)CC4)cc2)cc1. The maximum absolute atomic E-state index is 13.7. The molecule has 10 rings (SSSR count). The van der Waals surface area contributed by atoms with Crippen molar-refractivity contribution in [1.82, 2.24) is 0 Å². The fourth-order valence-electron chi connectivity index (χ4n) is 7.26. The van der Waals surface area contributed by atoms with E-state index in [1.807, 2.05) is 121 Å². The summed E-state index contributed by atoms with van der Waals surface area (Å²) in [6.07, 6.45) is 9.31. The second kappa shape index (κ2) is 19.8. The van der Waals surface area contributed by atoms with Crippen LogP contribution in [0.3, 0.4) is 0 Å². The second-order valence-electron chi connectivity index (χ2n) is 15.0. The lowest BCUT2D eigenvalue weighted by molar-refractivity contribution is 0.0724. The van der Waals surface area contributed by atoms with Crippen LogP contribution in [0.1, 0.15) is 95.3 Å². The summed E-state index contributed by atoms with van der Waals surface area (Å²) >= 11 is 0. The summed E-state index contributed by atoms with van der Waals surface area (Å²) in [7, 11) is 0. The lowest BCUT2D eigenvalue weighted by atomic mass is 9.91. The van der Waals surface area contributed by atoms with Crippen molar-refractivity contribution in [2.75, 3.05) is 13.2 Å². The van der Waals surface area contributed by atoms with E-state index in [2.05, 4.69) is 26.0 Å². The molecule has 4 aliphatic rings. The van der Waals surface area contributed by atoms with Gasteiger partial charge in [0.2, 0.25) is 0 Å². The van der Waals surface area contributed by atoms with Crippen LogP contribution in [-0.4, -0.2) is 25.2 Å². The van der Waals surface area contributed by atoms with E-state index in [1.165, 1.54) is 25.7 Å². The first-order chi connectivity index (χ1) is 28.4. The number of hydrogen-bond acceptors (Lipinski definition) is 6. The van der Waals surface area contributed by atoms with Crippen molar-refractivity contribution in [3.05, 3.63) is 167 Å². The van der Waals surface area contributed by atoms with Crippen molar-refractivity contribution in [2.45, 2.75) is 78.1 Å². The normalized spacial score (nSPS) is 12.0. The Hall–Kier alpha value is -6.14. The second-order valence-corrected chi connectivity index (χ2v) is 15.0. The molecule has 6 aromatic carbocycles. The van der Waals surface area contributed by atoms with E-state index in [9.17, 15) is 9.59 Å². The molecule has 0 aliphatic heterocycles. The largest absolute Gasteiger partial charge is 0.494 e.